The number of carbonyl (C=O) groups is 2. The van der Waals surface area contributed by atoms with Crippen LogP contribution in [0, 0.1) is 5.82 Å². The van der Waals surface area contributed by atoms with E-state index in [1.54, 1.807) is 37.3 Å². The van der Waals surface area contributed by atoms with Crippen LogP contribution in [0.4, 0.5) is 4.39 Å². The Morgan fingerprint density at radius 1 is 1.06 bits per heavy atom. The molecule has 0 spiro atoms. The first-order valence-corrected chi connectivity index (χ1v) is 10.2. The zero-order valence-corrected chi connectivity index (χ0v) is 18.7. The van der Waals surface area contributed by atoms with E-state index < -0.39 is 17.7 Å². The van der Waals surface area contributed by atoms with Crippen molar-refractivity contribution in [3.63, 3.8) is 0 Å². The molecule has 168 valence electrons. The van der Waals surface area contributed by atoms with Crippen LogP contribution < -0.4 is 10.1 Å². The summed E-state index contributed by atoms with van der Waals surface area (Å²) in [5.74, 6) is -0.717. The summed E-state index contributed by atoms with van der Waals surface area (Å²) in [5.41, 5.74) is 1.29. The van der Waals surface area contributed by atoms with Gasteiger partial charge in [0, 0.05) is 13.0 Å². The average Bonchev–Trinajstić information content (AvgIpc) is 2.71. The molecule has 2 aromatic rings. The van der Waals surface area contributed by atoms with Gasteiger partial charge in [-0.25, -0.2) is 9.18 Å². The Morgan fingerprint density at radius 3 is 2.29 bits per heavy atom. The van der Waals surface area contributed by atoms with Crippen molar-refractivity contribution in [3.05, 3.63) is 65.0 Å². The van der Waals surface area contributed by atoms with E-state index in [9.17, 15) is 14.0 Å². The zero-order chi connectivity index (χ0) is 23.0. The first-order chi connectivity index (χ1) is 14.6. The van der Waals surface area contributed by atoms with Gasteiger partial charge in [-0.3, -0.25) is 4.79 Å². The molecule has 7 heteroatoms. The summed E-state index contributed by atoms with van der Waals surface area (Å²) >= 11 is 0. The summed E-state index contributed by atoms with van der Waals surface area (Å²) in [6.45, 7) is 7.82. The quantitative estimate of drug-likeness (QED) is 0.607. The van der Waals surface area contributed by atoms with Gasteiger partial charge in [-0.15, -0.1) is 0 Å². The van der Waals surface area contributed by atoms with E-state index >= 15 is 0 Å². The fourth-order valence-electron chi connectivity index (χ4n) is 2.99. The number of carbonyl (C=O) groups excluding carboxylic acids is 2. The smallest absolute Gasteiger partial charge is 0.335 e. The van der Waals surface area contributed by atoms with Gasteiger partial charge in [-0.05, 0) is 63.1 Å². The molecular weight excluding hydrogens is 401 g/mol. The van der Waals surface area contributed by atoms with Crippen molar-refractivity contribution < 1.29 is 28.2 Å². The number of rotatable bonds is 9. The highest BCUT2D eigenvalue weighted by Crippen LogP contribution is 2.23. The average molecular weight is 432 g/mol. The molecule has 1 atom stereocenters. The molecule has 0 heterocycles. The van der Waals surface area contributed by atoms with Crippen molar-refractivity contribution in [1.29, 1.82) is 0 Å². The molecule has 31 heavy (non-hydrogen) atoms. The first kappa shape index (κ1) is 24.3. The van der Waals surface area contributed by atoms with Gasteiger partial charge in [0.2, 0.25) is 0 Å². The highest BCUT2D eigenvalue weighted by molar-refractivity contribution is 5.97. The van der Waals surface area contributed by atoms with Crippen molar-refractivity contribution in [3.8, 4) is 5.75 Å². The van der Waals surface area contributed by atoms with E-state index in [-0.39, 0.29) is 31.3 Å². The summed E-state index contributed by atoms with van der Waals surface area (Å²) in [7, 11) is 1.48. The Morgan fingerprint density at radius 2 is 1.71 bits per heavy atom. The van der Waals surface area contributed by atoms with Crippen LogP contribution in [0.1, 0.15) is 49.2 Å². The number of methoxy groups -OCH3 is 1. The van der Waals surface area contributed by atoms with E-state index in [2.05, 4.69) is 5.32 Å². The van der Waals surface area contributed by atoms with Gasteiger partial charge in [-0.2, -0.15) is 0 Å². The molecular formula is C24H30FNO5. The highest BCUT2D eigenvalue weighted by atomic mass is 19.1. The topological polar surface area (TPSA) is 73.9 Å². The zero-order valence-electron chi connectivity index (χ0n) is 18.7. The Labute approximate surface area is 182 Å². The number of amides is 1. The van der Waals surface area contributed by atoms with Gasteiger partial charge >= 0.3 is 5.97 Å². The van der Waals surface area contributed by atoms with Crippen LogP contribution in [0.25, 0.3) is 0 Å². The lowest BCUT2D eigenvalue weighted by atomic mass is 10.0. The van der Waals surface area contributed by atoms with Crippen LogP contribution in [0.2, 0.25) is 0 Å². The number of hydrogen-bond acceptors (Lipinski definition) is 5. The lowest BCUT2D eigenvalue weighted by Crippen LogP contribution is -2.36. The molecule has 2 rings (SSSR count). The third kappa shape index (κ3) is 7.68. The number of halogens is 1. The maximum Gasteiger partial charge on any atom is 0.335 e. The fraction of sp³-hybridized carbons (Fsp3) is 0.417. The predicted molar refractivity (Wildman–Crippen MR) is 116 cm³/mol. The van der Waals surface area contributed by atoms with Crippen LogP contribution >= 0.6 is 0 Å². The van der Waals surface area contributed by atoms with Gasteiger partial charge in [0.05, 0.1) is 24.9 Å². The second-order valence-electron chi connectivity index (χ2n) is 8.02. The molecule has 0 aliphatic rings. The Balaban J connectivity index is 2.19. The summed E-state index contributed by atoms with van der Waals surface area (Å²) in [6, 6.07) is 11.0. The molecule has 0 radical (unpaired) electrons. The second kappa shape index (κ2) is 10.9. The van der Waals surface area contributed by atoms with Gasteiger partial charge in [0.25, 0.3) is 5.91 Å². The van der Waals surface area contributed by atoms with Gasteiger partial charge in [0.15, 0.2) is 6.10 Å². The van der Waals surface area contributed by atoms with Crippen LogP contribution in [-0.2, 0) is 27.2 Å². The minimum absolute atomic E-state index is 0.241. The summed E-state index contributed by atoms with van der Waals surface area (Å²) < 4.78 is 29.4. The molecule has 2 aromatic carbocycles. The van der Waals surface area contributed by atoms with Crippen molar-refractivity contribution in [2.45, 2.75) is 52.4 Å². The monoisotopic (exact) mass is 431 g/mol. The van der Waals surface area contributed by atoms with Crippen molar-refractivity contribution in [2.75, 3.05) is 13.7 Å². The molecule has 0 saturated heterocycles. The molecule has 0 bridgehead atoms. The summed E-state index contributed by atoms with van der Waals surface area (Å²) in [5, 5.41) is 2.81. The predicted octanol–water partition coefficient (Wildman–Crippen LogP) is 4.05. The molecule has 1 N–H and O–H groups in total. The van der Waals surface area contributed by atoms with Crippen LogP contribution in [-0.4, -0.2) is 37.3 Å². The van der Waals surface area contributed by atoms with Crippen molar-refractivity contribution in [2.24, 2.45) is 0 Å². The summed E-state index contributed by atoms with van der Waals surface area (Å²) in [4.78, 5) is 25.2. The van der Waals surface area contributed by atoms with Crippen LogP contribution in [0.3, 0.4) is 0 Å². The van der Waals surface area contributed by atoms with Crippen LogP contribution in [0.5, 0.6) is 5.75 Å². The minimum atomic E-state index is -0.802. The van der Waals surface area contributed by atoms with Crippen molar-refractivity contribution >= 4 is 11.9 Å². The minimum Gasteiger partial charge on any atom is -0.496 e. The Hall–Kier alpha value is -2.93. The number of nitrogens with one attached hydrogen (secondary N) is 1. The second-order valence-corrected chi connectivity index (χ2v) is 8.02. The molecule has 0 aromatic heterocycles. The number of hydrogen-bond donors (Lipinski definition) is 1. The van der Waals surface area contributed by atoms with E-state index in [0.717, 1.165) is 11.1 Å². The standard InChI is InChI=1S/C24H30FNO5/c1-6-30-23(28)21(31-24(2,3)4)14-17-9-12-20(29-5)19(13-17)22(27)26-15-16-7-10-18(25)11-8-16/h7-13,21H,6,14-15H2,1-5H3,(H,26,27). The van der Waals surface area contributed by atoms with E-state index in [4.69, 9.17) is 14.2 Å². The maximum atomic E-state index is 13.1. The Bertz CT molecular complexity index is 890. The SMILES string of the molecule is CCOC(=O)C(Cc1ccc(OC)c(C(=O)NCc2ccc(F)cc2)c1)OC(C)(C)C. The highest BCUT2D eigenvalue weighted by Gasteiger charge is 2.27. The molecule has 0 saturated carbocycles. The molecule has 6 nitrogen and oxygen atoms in total. The van der Waals surface area contributed by atoms with Gasteiger partial charge in [-0.1, -0.05) is 18.2 Å². The molecule has 0 aliphatic heterocycles. The number of esters is 1. The van der Waals surface area contributed by atoms with Crippen LogP contribution in [0.15, 0.2) is 42.5 Å². The lowest BCUT2D eigenvalue weighted by Gasteiger charge is -2.26. The number of benzene rings is 2. The molecule has 1 amide bonds. The van der Waals surface area contributed by atoms with Gasteiger partial charge in [0.1, 0.15) is 11.6 Å². The molecule has 1 unspecified atom stereocenters. The van der Waals surface area contributed by atoms with E-state index in [0.29, 0.717) is 11.3 Å². The third-order valence-electron chi connectivity index (χ3n) is 4.34. The fourth-order valence-corrected chi connectivity index (χ4v) is 2.99. The third-order valence-corrected chi connectivity index (χ3v) is 4.34. The van der Waals surface area contributed by atoms with Crippen molar-refractivity contribution in [1.82, 2.24) is 5.32 Å². The lowest BCUT2D eigenvalue weighted by molar-refractivity contribution is -0.165. The largest absolute Gasteiger partial charge is 0.496 e. The normalized spacial score (nSPS) is 12.2. The van der Waals surface area contributed by atoms with Gasteiger partial charge < -0.3 is 19.5 Å². The van der Waals surface area contributed by atoms with E-state index in [1.807, 2.05) is 20.8 Å². The number of ether oxygens (including phenoxy) is 3. The molecule has 0 aliphatic carbocycles. The first-order valence-electron chi connectivity index (χ1n) is 10.2. The Kier molecular flexibility index (Phi) is 8.56. The summed E-state index contributed by atoms with van der Waals surface area (Å²) in [6.07, 6.45) is -0.554. The molecule has 0 fully saturated rings. The maximum absolute atomic E-state index is 13.1. The van der Waals surface area contributed by atoms with E-state index in [1.165, 1.54) is 19.2 Å².